The molecule has 1 aliphatic rings. The molecule has 1 saturated heterocycles. The Morgan fingerprint density at radius 3 is 2.74 bits per heavy atom. The fourth-order valence-electron chi connectivity index (χ4n) is 3.06. The van der Waals surface area contributed by atoms with Crippen LogP contribution in [0.3, 0.4) is 0 Å². The molecule has 0 bridgehead atoms. The van der Waals surface area contributed by atoms with Gasteiger partial charge in [-0.25, -0.2) is 9.78 Å². The van der Waals surface area contributed by atoms with E-state index in [2.05, 4.69) is 15.3 Å². The average Bonchev–Trinajstić information content (AvgIpc) is 3.23. The van der Waals surface area contributed by atoms with Crippen LogP contribution >= 0.6 is 34.5 Å². The van der Waals surface area contributed by atoms with E-state index in [0.29, 0.717) is 35.4 Å². The van der Waals surface area contributed by atoms with E-state index >= 15 is 0 Å². The summed E-state index contributed by atoms with van der Waals surface area (Å²) >= 11 is 13.2. The molecule has 1 amide bonds. The van der Waals surface area contributed by atoms with Crippen molar-refractivity contribution in [2.45, 2.75) is 19.4 Å². The minimum Gasteiger partial charge on any atom is -0.477 e. The van der Waals surface area contributed by atoms with Crippen molar-refractivity contribution in [1.82, 2.24) is 15.3 Å². The van der Waals surface area contributed by atoms with Crippen LogP contribution in [0.4, 0.5) is 5.13 Å². The smallest absolute Gasteiger partial charge is 0.347 e. The standard InChI is InChI=1S/C16H18Cl2N4O4S/c1-7-11(17)12(18)13(20-7)14(24)21-9-2-3-22(5-8(9)6-23)16-19-4-10(27-16)15(25)26/h4,8-9,20,23H,2-3,5-6H2,1H3,(H,21,24)(H,25,26)/t8-,9-/m1/s1. The van der Waals surface area contributed by atoms with Gasteiger partial charge in [-0.1, -0.05) is 34.5 Å². The average molecular weight is 433 g/mol. The van der Waals surface area contributed by atoms with Crippen LogP contribution in [0.2, 0.25) is 10.0 Å². The predicted octanol–water partition coefficient (Wildman–Crippen LogP) is 2.40. The molecule has 8 nitrogen and oxygen atoms in total. The number of rotatable bonds is 5. The quantitative estimate of drug-likeness (QED) is 0.575. The van der Waals surface area contributed by atoms with Gasteiger partial charge in [0.1, 0.15) is 10.6 Å². The highest BCUT2D eigenvalue weighted by Gasteiger charge is 2.32. The van der Waals surface area contributed by atoms with Crippen LogP contribution in [0.5, 0.6) is 0 Å². The van der Waals surface area contributed by atoms with Gasteiger partial charge in [-0.05, 0) is 13.3 Å². The van der Waals surface area contributed by atoms with E-state index < -0.39 is 5.97 Å². The second kappa shape index (κ2) is 8.05. The number of aromatic amines is 1. The lowest BCUT2D eigenvalue weighted by atomic mass is 9.93. The molecule has 4 N–H and O–H groups in total. The molecule has 2 aromatic heterocycles. The number of amides is 1. The number of carboxylic acids is 1. The van der Waals surface area contributed by atoms with Gasteiger partial charge in [0.15, 0.2) is 5.13 Å². The van der Waals surface area contributed by atoms with Gasteiger partial charge < -0.3 is 25.4 Å². The summed E-state index contributed by atoms with van der Waals surface area (Å²) in [7, 11) is 0. The highest BCUT2D eigenvalue weighted by atomic mass is 35.5. The first-order chi connectivity index (χ1) is 12.8. The Bertz CT molecular complexity index is 869. The van der Waals surface area contributed by atoms with Crippen molar-refractivity contribution >= 4 is 51.5 Å². The van der Waals surface area contributed by atoms with Gasteiger partial charge in [-0.15, -0.1) is 0 Å². The number of aliphatic hydroxyl groups is 1. The number of halogens is 2. The molecular formula is C16H18Cl2N4O4S. The molecule has 0 aliphatic carbocycles. The summed E-state index contributed by atoms with van der Waals surface area (Å²) in [6.07, 6.45) is 1.90. The van der Waals surface area contributed by atoms with Gasteiger partial charge in [0, 0.05) is 37.4 Å². The normalized spacial score (nSPS) is 19.9. The van der Waals surface area contributed by atoms with Gasteiger partial charge in [0.05, 0.1) is 16.2 Å². The van der Waals surface area contributed by atoms with Gasteiger partial charge in [0.25, 0.3) is 5.91 Å². The number of hydrogen-bond donors (Lipinski definition) is 4. The van der Waals surface area contributed by atoms with Gasteiger partial charge in [0.2, 0.25) is 0 Å². The van der Waals surface area contributed by atoms with Crippen LogP contribution in [0.15, 0.2) is 6.20 Å². The number of carbonyl (C=O) groups is 2. The number of anilines is 1. The summed E-state index contributed by atoms with van der Waals surface area (Å²) in [5.74, 6) is -1.63. The van der Waals surface area contributed by atoms with E-state index in [9.17, 15) is 14.7 Å². The first kappa shape index (κ1) is 19.9. The minimum atomic E-state index is -1.02. The molecular weight excluding hydrogens is 415 g/mol. The third kappa shape index (κ3) is 4.06. The first-order valence-corrected chi connectivity index (χ1v) is 9.78. The van der Waals surface area contributed by atoms with E-state index in [1.54, 1.807) is 6.92 Å². The minimum absolute atomic E-state index is 0.128. The van der Waals surface area contributed by atoms with Gasteiger partial charge in [-0.3, -0.25) is 4.79 Å². The van der Waals surface area contributed by atoms with Gasteiger partial charge in [-0.2, -0.15) is 0 Å². The monoisotopic (exact) mass is 432 g/mol. The molecule has 1 fully saturated rings. The van der Waals surface area contributed by atoms with Crippen LogP contribution in [0.1, 0.15) is 32.3 Å². The lowest BCUT2D eigenvalue weighted by Crippen LogP contribution is -2.52. The first-order valence-electron chi connectivity index (χ1n) is 8.21. The Morgan fingerprint density at radius 1 is 1.44 bits per heavy atom. The van der Waals surface area contributed by atoms with Crippen LogP contribution in [0, 0.1) is 12.8 Å². The van der Waals surface area contributed by atoms with Crippen molar-refractivity contribution in [2.24, 2.45) is 5.92 Å². The van der Waals surface area contributed by atoms with Crippen molar-refractivity contribution in [1.29, 1.82) is 0 Å². The number of nitrogens with zero attached hydrogens (tertiary/aromatic N) is 2. The van der Waals surface area contributed by atoms with E-state index in [4.69, 9.17) is 28.3 Å². The molecule has 3 heterocycles. The van der Waals surface area contributed by atoms with E-state index in [-0.39, 0.29) is 40.1 Å². The molecule has 2 atom stereocenters. The Morgan fingerprint density at radius 2 is 2.19 bits per heavy atom. The highest BCUT2D eigenvalue weighted by molar-refractivity contribution is 7.17. The summed E-state index contributed by atoms with van der Waals surface area (Å²) in [5.41, 5.74) is 0.808. The number of aliphatic hydroxyl groups excluding tert-OH is 1. The number of carbonyl (C=O) groups excluding carboxylic acids is 1. The van der Waals surface area contributed by atoms with Crippen molar-refractivity contribution in [3.63, 3.8) is 0 Å². The third-order valence-electron chi connectivity index (χ3n) is 4.54. The lowest BCUT2D eigenvalue weighted by Gasteiger charge is -2.38. The Balaban J connectivity index is 1.68. The molecule has 146 valence electrons. The van der Waals surface area contributed by atoms with Crippen molar-refractivity contribution in [3.05, 3.63) is 32.5 Å². The lowest BCUT2D eigenvalue weighted by molar-refractivity contribution is 0.0701. The molecule has 0 radical (unpaired) electrons. The fourth-order valence-corrected chi connectivity index (χ4v) is 4.27. The molecule has 0 unspecified atom stereocenters. The summed E-state index contributed by atoms with van der Waals surface area (Å²) in [6, 6.07) is -0.254. The molecule has 11 heteroatoms. The van der Waals surface area contributed by atoms with Crippen LogP contribution in [-0.4, -0.2) is 57.8 Å². The van der Waals surface area contributed by atoms with Crippen molar-refractivity contribution in [3.8, 4) is 0 Å². The highest BCUT2D eigenvalue weighted by Crippen LogP contribution is 2.30. The van der Waals surface area contributed by atoms with E-state index in [1.807, 2.05) is 4.90 Å². The Hall–Kier alpha value is -1.81. The van der Waals surface area contributed by atoms with Crippen molar-refractivity contribution in [2.75, 3.05) is 24.6 Å². The fraction of sp³-hybridized carbons (Fsp3) is 0.438. The topological polar surface area (TPSA) is 119 Å². The Kier molecular flexibility index (Phi) is 5.95. The number of aryl methyl sites for hydroxylation is 1. The molecule has 3 rings (SSSR count). The number of carboxylic acid groups (broad SMARTS) is 1. The van der Waals surface area contributed by atoms with Crippen LogP contribution in [0.25, 0.3) is 0 Å². The summed E-state index contributed by atoms with van der Waals surface area (Å²) in [4.78, 5) is 32.7. The molecule has 0 saturated carbocycles. The zero-order valence-corrected chi connectivity index (χ0v) is 16.7. The number of thiazole rings is 1. The van der Waals surface area contributed by atoms with E-state index in [0.717, 1.165) is 11.3 Å². The number of aromatic carboxylic acids is 1. The maximum absolute atomic E-state index is 12.5. The maximum Gasteiger partial charge on any atom is 0.347 e. The number of nitrogens with one attached hydrogen (secondary N) is 2. The summed E-state index contributed by atoms with van der Waals surface area (Å²) in [6.45, 7) is 2.62. The van der Waals surface area contributed by atoms with Crippen molar-refractivity contribution < 1.29 is 19.8 Å². The molecule has 0 spiro atoms. The zero-order valence-electron chi connectivity index (χ0n) is 14.3. The number of piperidine rings is 1. The number of aromatic nitrogens is 2. The largest absolute Gasteiger partial charge is 0.477 e. The maximum atomic E-state index is 12.5. The Labute approximate surface area is 169 Å². The van der Waals surface area contributed by atoms with Gasteiger partial charge >= 0.3 is 5.97 Å². The molecule has 0 aromatic carbocycles. The predicted molar refractivity (Wildman–Crippen MR) is 103 cm³/mol. The molecule has 2 aromatic rings. The summed E-state index contributed by atoms with van der Waals surface area (Å²) < 4.78 is 0. The van der Waals surface area contributed by atoms with E-state index in [1.165, 1.54) is 6.20 Å². The molecule has 27 heavy (non-hydrogen) atoms. The SMILES string of the molecule is Cc1[nH]c(C(=O)N[C@@H]2CCN(c3ncc(C(=O)O)s3)C[C@@H]2CO)c(Cl)c1Cl. The second-order valence-electron chi connectivity index (χ2n) is 6.32. The summed E-state index contributed by atoms with van der Waals surface area (Å²) in [5, 5.41) is 22.8. The van der Waals surface area contributed by atoms with Crippen LogP contribution in [-0.2, 0) is 0 Å². The van der Waals surface area contributed by atoms with Crippen LogP contribution < -0.4 is 10.2 Å². The second-order valence-corrected chi connectivity index (χ2v) is 8.09. The third-order valence-corrected chi connectivity index (χ3v) is 6.53. The number of H-pyrrole nitrogens is 1. The number of hydrogen-bond acceptors (Lipinski definition) is 6. The molecule has 1 aliphatic heterocycles. The zero-order chi connectivity index (χ0) is 19.7.